The van der Waals surface area contributed by atoms with E-state index in [0.717, 1.165) is 0 Å². The summed E-state index contributed by atoms with van der Waals surface area (Å²) in [6.07, 6.45) is 0. The van der Waals surface area contributed by atoms with Crippen molar-refractivity contribution in [3.8, 4) is 0 Å². The first-order valence-electron chi connectivity index (χ1n) is 5.67. The monoisotopic (exact) mass is 259 g/mol. The topological polar surface area (TPSA) is 84.2 Å². The van der Waals surface area contributed by atoms with Crippen molar-refractivity contribution in [3.63, 3.8) is 0 Å². The fourth-order valence-corrected chi connectivity index (χ4v) is 1.51. The zero-order valence-corrected chi connectivity index (χ0v) is 10.6. The zero-order valence-electron chi connectivity index (χ0n) is 10.6. The maximum atomic E-state index is 11.8. The van der Waals surface area contributed by atoms with Crippen molar-refractivity contribution in [1.82, 2.24) is 10.5 Å². The van der Waals surface area contributed by atoms with Gasteiger partial charge in [0.15, 0.2) is 0 Å². The highest BCUT2D eigenvalue weighted by Gasteiger charge is 2.12. The number of hydrogen-bond acceptors (Lipinski definition) is 4. The van der Waals surface area contributed by atoms with Crippen molar-refractivity contribution in [1.29, 1.82) is 0 Å². The zero-order chi connectivity index (χ0) is 13.8. The van der Waals surface area contributed by atoms with Gasteiger partial charge in [-0.2, -0.15) is 0 Å². The van der Waals surface area contributed by atoms with E-state index in [0.29, 0.717) is 16.9 Å². The molecule has 0 spiro atoms. The van der Waals surface area contributed by atoms with E-state index < -0.39 is 0 Å². The SMILES string of the molecule is CNC(=O)c1ccc(NC(=O)c2cc(C)no2)cc1. The van der Waals surface area contributed by atoms with Gasteiger partial charge in [0.1, 0.15) is 0 Å². The molecular weight excluding hydrogens is 246 g/mol. The van der Waals surface area contributed by atoms with E-state index in [-0.39, 0.29) is 17.6 Å². The van der Waals surface area contributed by atoms with Crippen molar-refractivity contribution in [2.24, 2.45) is 0 Å². The summed E-state index contributed by atoms with van der Waals surface area (Å²) >= 11 is 0. The minimum absolute atomic E-state index is 0.146. The van der Waals surface area contributed by atoms with Crippen LogP contribution in [0.5, 0.6) is 0 Å². The lowest BCUT2D eigenvalue weighted by molar-refractivity contribution is 0.0961. The number of nitrogens with one attached hydrogen (secondary N) is 2. The fourth-order valence-electron chi connectivity index (χ4n) is 1.51. The van der Waals surface area contributed by atoms with Gasteiger partial charge in [0.25, 0.3) is 11.8 Å². The molecular formula is C13H13N3O3. The van der Waals surface area contributed by atoms with Gasteiger partial charge in [0.2, 0.25) is 5.76 Å². The van der Waals surface area contributed by atoms with E-state index in [2.05, 4.69) is 15.8 Å². The van der Waals surface area contributed by atoms with E-state index in [1.807, 2.05) is 0 Å². The Bertz CT molecular complexity index is 602. The predicted molar refractivity (Wildman–Crippen MR) is 69.0 cm³/mol. The van der Waals surface area contributed by atoms with Crippen LogP contribution >= 0.6 is 0 Å². The summed E-state index contributed by atoms with van der Waals surface area (Å²) in [5, 5.41) is 8.81. The van der Waals surface area contributed by atoms with E-state index >= 15 is 0 Å². The first-order valence-corrected chi connectivity index (χ1v) is 5.67. The summed E-state index contributed by atoms with van der Waals surface area (Å²) in [5.41, 5.74) is 1.74. The lowest BCUT2D eigenvalue weighted by Crippen LogP contribution is -2.17. The molecule has 2 aromatic rings. The van der Waals surface area contributed by atoms with Crippen LogP contribution in [0.25, 0.3) is 0 Å². The van der Waals surface area contributed by atoms with Crippen LogP contribution in [0.3, 0.4) is 0 Å². The number of aromatic nitrogens is 1. The highest BCUT2D eigenvalue weighted by Crippen LogP contribution is 2.12. The fraction of sp³-hybridized carbons (Fsp3) is 0.154. The molecule has 0 aliphatic rings. The Morgan fingerprint density at radius 2 is 1.84 bits per heavy atom. The number of rotatable bonds is 3. The molecule has 2 rings (SSSR count). The van der Waals surface area contributed by atoms with E-state index in [1.54, 1.807) is 44.3 Å². The smallest absolute Gasteiger partial charge is 0.294 e. The van der Waals surface area contributed by atoms with Gasteiger partial charge in [0.05, 0.1) is 5.69 Å². The number of aryl methyl sites for hydroxylation is 1. The molecule has 1 aromatic carbocycles. The summed E-state index contributed by atoms with van der Waals surface area (Å²) in [7, 11) is 1.56. The molecule has 0 atom stereocenters. The van der Waals surface area contributed by atoms with Crippen LogP contribution < -0.4 is 10.6 Å². The van der Waals surface area contributed by atoms with Crippen molar-refractivity contribution < 1.29 is 14.1 Å². The second kappa shape index (κ2) is 5.34. The third kappa shape index (κ3) is 2.98. The Hall–Kier alpha value is -2.63. The number of benzene rings is 1. The Morgan fingerprint density at radius 1 is 1.16 bits per heavy atom. The van der Waals surface area contributed by atoms with Gasteiger partial charge in [-0.15, -0.1) is 0 Å². The molecule has 6 nitrogen and oxygen atoms in total. The number of anilines is 1. The predicted octanol–water partition coefficient (Wildman–Crippen LogP) is 1.59. The second-order valence-corrected chi connectivity index (χ2v) is 3.94. The molecule has 0 saturated heterocycles. The van der Waals surface area contributed by atoms with Crippen LogP contribution in [-0.4, -0.2) is 24.0 Å². The van der Waals surface area contributed by atoms with Crippen molar-refractivity contribution in [2.75, 3.05) is 12.4 Å². The number of carbonyl (C=O) groups is 2. The Kier molecular flexibility index (Phi) is 3.61. The number of carbonyl (C=O) groups excluding carboxylic acids is 2. The van der Waals surface area contributed by atoms with Crippen molar-refractivity contribution in [2.45, 2.75) is 6.92 Å². The first-order chi connectivity index (χ1) is 9.10. The van der Waals surface area contributed by atoms with Gasteiger partial charge in [-0.05, 0) is 31.2 Å². The van der Waals surface area contributed by atoms with Gasteiger partial charge in [0, 0.05) is 24.4 Å². The number of nitrogens with zero attached hydrogens (tertiary/aromatic N) is 1. The summed E-state index contributed by atoms with van der Waals surface area (Å²) < 4.78 is 4.85. The maximum absolute atomic E-state index is 11.8. The van der Waals surface area contributed by atoms with Gasteiger partial charge in [-0.25, -0.2) is 0 Å². The summed E-state index contributed by atoms with van der Waals surface area (Å²) in [5.74, 6) is -0.412. The van der Waals surface area contributed by atoms with E-state index in [1.165, 1.54) is 0 Å². The molecule has 6 heteroatoms. The van der Waals surface area contributed by atoms with Crippen LogP contribution in [0.2, 0.25) is 0 Å². The number of hydrogen-bond donors (Lipinski definition) is 2. The van der Waals surface area contributed by atoms with Crippen molar-refractivity contribution >= 4 is 17.5 Å². The standard InChI is InChI=1S/C13H13N3O3/c1-8-7-11(19-16-8)13(18)15-10-5-3-9(4-6-10)12(17)14-2/h3-7H,1-2H3,(H,14,17)(H,15,18). The average Bonchev–Trinajstić information content (AvgIpc) is 2.85. The maximum Gasteiger partial charge on any atom is 0.294 e. The molecule has 19 heavy (non-hydrogen) atoms. The van der Waals surface area contributed by atoms with E-state index in [4.69, 9.17) is 4.52 Å². The first kappa shape index (κ1) is 12.8. The second-order valence-electron chi connectivity index (χ2n) is 3.94. The summed E-state index contributed by atoms with van der Waals surface area (Å²) in [6.45, 7) is 1.73. The van der Waals surface area contributed by atoms with Gasteiger partial charge in [-0.3, -0.25) is 9.59 Å². The highest BCUT2D eigenvalue weighted by atomic mass is 16.5. The van der Waals surface area contributed by atoms with Crippen LogP contribution in [0.4, 0.5) is 5.69 Å². The molecule has 1 aromatic heterocycles. The van der Waals surface area contributed by atoms with Crippen LogP contribution in [0.1, 0.15) is 26.6 Å². The minimum atomic E-state index is -0.381. The lowest BCUT2D eigenvalue weighted by Gasteiger charge is -2.04. The summed E-state index contributed by atoms with van der Waals surface area (Å²) in [4.78, 5) is 23.1. The largest absolute Gasteiger partial charge is 0.355 e. The molecule has 2 amide bonds. The third-order valence-corrected chi connectivity index (χ3v) is 2.48. The van der Waals surface area contributed by atoms with Crippen LogP contribution in [0.15, 0.2) is 34.9 Å². The van der Waals surface area contributed by atoms with Crippen LogP contribution in [0, 0.1) is 6.92 Å². The third-order valence-electron chi connectivity index (χ3n) is 2.48. The molecule has 98 valence electrons. The van der Waals surface area contributed by atoms with Gasteiger partial charge >= 0.3 is 0 Å². The Labute approximate surface area is 109 Å². The highest BCUT2D eigenvalue weighted by molar-refractivity contribution is 6.02. The molecule has 1 heterocycles. The molecule has 0 saturated carbocycles. The lowest BCUT2D eigenvalue weighted by atomic mass is 10.2. The Balaban J connectivity index is 2.07. The van der Waals surface area contributed by atoms with Crippen LogP contribution in [-0.2, 0) is 0 Å². The molecule has 0 aliphatic carbocycles. The quantitative estimate of drug-likeness (QED) is 0.876. The molecule has 0 bridgehead atoms. The molecule has 0 aliphatic heterocycles. The molecule has 0 radical (unpaired) electrons. The van der Waals surface area contributed by atoms with E-state index in [9.17, 15) is 9.59 Å². The van der Waals surface area contributed by atoms with Gasteiger partial charge in [-0.1, -0.05) is 5.16 Å². The normalized spacial score (nSPS) is 10.0. The molecule has 2 N–H and O–H groups in total. The Morgan fingerprint density at radius 3 is 2.37 bits per heavy atom. The van der Waals surface area contributed by atoms with Gasteiger partial charge < -0.3 is 15.2 Å². The molecule has 0 unspecified atom stereocenters. The molecule has 0 fully saturated rings. The van der Waals surface area contributed by atoms with Crippen molar-refractivity contribution in [3.05, 3.63) is 47.3 Å². The average molecular weight is 259 g/mol. The minimum Gasteiger partial charge on any atom is -0.355 e. The number of amides is 2. The summed E-state index contributed by atoms with van der Waals surface area (Å²) in [6, 6.07) is 8.09.